The molecule has 0 aliphatic carbocycles. The minimum atomic E-state index is -0.266. The molecule has 2 atom stereocenters. The summed E-state index contributed by atoms with van der Waals surface area (Å²) in [5.74, 6) is 0.434. The lowest BCUT2D eigenvalue weighted by Crippen LogP contribution is -2.04. The maximum absolute atomic E-state index is 5.85. The molecule has 0 bridgehead atoms. The molecule has 0 amide bonds. The van der Waals surface area contributed by atoms with Crippen LogP contribution in [0.1, 0.15) is 40.9 Å². The highest BCUT2D eigenvalue weighted by Gasteiger charge is 2.14. The van der Waals surface area contributed by atoms with Gasteiger partial charge in [-0.2, -0.15) is 0 Å². The molecule has 4 nitrogen and oxygen atoms in total. The Morgan fingerprint density at radius 3 is 2.65 bits per heavy atom. The molecule has 0 radical (unpaired) electrons. The molecule has 0 aromatic carbocycles. The van der Waals surface area contributed by atoms with Crippen molar-refractivity contribution in [1.29, 1.82) is 0 Å². The van der Waals surface area contributed by atoms with Crippen LogP contribution in [0.3, 0.4) is 0 Å². The van der Waals surface area contributed by atoms with Gasteiger partial charge in [0.15, 0.2) is 0 Å². The van der Waals surface area contributed by atoms with Crippen LogP contribution in [0.4, 0.5) is 6.01 Å². The van der Waals surface area contributed by atoms with Crippen molar-refractivity contribution in [3.8, 4) is 0 Å². The first kappa shape index (κ1) is 12.4. The van der Waals surface area contributed by atoms with Crippen molar-refractivity contribution in [2.75, 3.05) is 5.32 Å². The number of anilines is 1. The number of nitrogens with zero attached hydrogens (tertiary/aromatic N) is 2. The zero-order chi connectivity index (χ0) is 12.4. The highest BCUT2D eigenvalue weighted by molar-refractivity contribution is 7.12. The highest BCUT2D eigenvalue weighted by Crippen LogP contribution is 2.26. The van der Waals surface area contributed by atoms with E-state index in [1.807, 2.05) is 0 Å². The van der Waals surface area contributed by atoms with E-state index >= 15 is 0 Å². The summed E-state index contributed by atoms with van der Waals surface area (Å²) in [6.45, 7) is 5.94. The Labute approximate surface area is 109 Å². The number of aromatic nitrogens is 2. The molecule has 0 fully saturated rings. The van der Waals surface area contributed by atoms with Gasteiger partial charge in [0.25, 0.3) is 0 Å². The third kappa shape index (κ3) is 2.98. The maximum atomic E-state index is 5.85. The minimum Gasteiger partial charge on any atom is -0.406 e. The van der Waals surface area contributed by atoms with Crippen molar-refractivity contribution in [3.63, 3.8) is 0 Å². The van der Waals surface area contributed by atoms with Crippen LogP contribution in [0, 0.1) is 6.92 Å². The van der Waals surface area contributed by atoms with Crippen LogP contribution in [0.5, 0.6) is 0 Å². The van der Waals surface area contributed by atoms with Crippen molar-refractivity contribution < 1.29 is 4.42 Å². The van der Waals surface area contributed by atoms with E-state index in [1.165, 1.54) is 9.75 Å². The second kappa shape index (κ2) is 5.06. The standard InChI is InChI=1S/C11H14ClN3OS/c1-6-4-5-9(17-6)8(3)13-11-15-14-10(16-11)7(2)12/h4-5,7-8H,1-3H3,(H,13,15). The molecule has 0 aliphatic rings. The number of halogens is 1. The van der Waals surface area contributed by atoms with E-state index in [0.29, 0.717) is 11.9 Å². The number of nitrogens with one attached hydrogen (secondary N) is 1. The smallest absolute Gasteiger partial charge is 0.316 e. The molecule has 17 heavy (non-hydrogen) atoms. The first-order chi connectivity index (χ1) is 8.06. The molecule has 2 rings (SSSR count). The molecule has 1 N–H and O–H groups in total. The number of rotatable bonds is 4. The SMILES string of the molecule is Cc1ccc(C(C)Nc2nnc(C(C)Cl)o2)s1. The van der Waals surface area contributed by atoms with Crippen LogP contribution in [-0.4, -0.2) is 10.2 Å². The number of hydrogen-bond donors (Lipinski definition) is 1. The third-order valence-electron chi connectivity index (χ3n) is 2.31. The first-order valence-corrected chi connectivity index (χ1v) is 6.62. The van der Waals surface area contributed by atoms with Gasteiger partial charge in [-0.1, -0.05) is 5.10 Å². The molecule has 2 heterocycles. The normalized spacial score (nSPS) is 14.6. The fourth-order valence-corrected chi connectivity index (χ4v) is 2.36. The first-order valence-electron chi connectivity index (χ1n) is 5.36. The summed E-state index contributed by atoms with van der Waals surface area (Å²) in [6, 6.07) is 4.75. The van der Waals surface area contributed by atoms with Gasteiger partial charge in [-0.25, -0.2) is 0 Å². The topological polar surface area (TPSA) is 51.0 Å². The molecule has 92 valence electrons. The van der Waals surface area contributed by atoms with Gasteiger partial charge in [0, 0.05) is 9.75 Å². The summed E-state index contributed by atoms with van der Waals surface area (Å²) in [5, 5.41) is 10.7. The van der Waals surface area contributed by atoms with E-state index in [9.17, 15) is 0 Å². The van der Waals surface area contributed by atoms with Gasteiger partial charge in [0.1, 0.15) is 5.38 Å². The quantitative estimate of drug-likeness (QED) is 0.857. The second-order valence-corrected chi connectivity index (χ2v) is 5.85. The van der Waals surface area contributed by atoms with E-state index < -0.39 is 0 Å². The molecular weight excluding hydrogens is 258 g/mol. The van der Waals surface area contributed by atoms with Gasteiger partial charge >= 0.3 is 6.01 Å². The fourth-order valence-electron chi connectivity index (χ4n) is 1.40. The van der Waals surface area contributed by atoms with E-state index in [4.69, 9.17) is 16.0 Å². The highest BCUT2D eigenvalue weighted by atomic mass is 35.5. The number of aryl methyl sites for hydroxylation is 1. The van der Waals surface area contributed by atoms with Crippen molar-refractivity contribution in [2.24, 2.45) is 0 Å². The van der Waals surface area contributed by atoms with Crippen molar-refractivity contribution in [2.45, 2.75) is 32.2 Å². The predicted octanol–water partition coefficient (Wildman–Crippen LogP) is 3.91. The Bertz CT molecular complexity index is 494. The van der Waals surface area contributed by atoms with Gasteiger partial charge in [-0.15, -0.1) is 28.0 Å². The molecule has 2 unspecified atom stereocenters. The summed E-state index contributed by atoms with van der Waals surface area (Å²) in [4.78, 5) is 2.52. The van der Waals surface area contributed by atoms with Crippen molar-refractivity contribution in [3.05, 3.63) is 27.8 Å². The van der Waals surface area contributed by atoms with Crippen LogP contribution in [-0.2, 0) is 0 Å². The molecule has 0 aliphatic heterocycles. The van der Waals surface area contributed by atoms with Crippen LogP contribution in [0.15, 0.2) is 16.5 Å². The predicted molar refractivity (Wildman–Crippen MR) is 69.7 cm³/mol. The minimum absolute atomic E-state index is 0.146. The molecule has 0 saturated heterocycles. The third-order valence-corrected chi connectivity index (χ3v) is 3.68. The van der Waals surface area contributed by atoms with Gasteiger partial charge in [-0.05, 0) is 32.9 Å². The summed E-state index contributed by atoms with van der Waals surface area (Å²) in [6.07, 6.45) is 0. The molecule has 6 heteroatoms. The van der Waals surface area contributed by atoms with Gasteiger partial charge in [0.05, 0.1) is 6.04 Å². The van der Waals surface area contributed by atoms with Crippen LogP contribution in [0.2, 0.25) is 0 Å². The molecule has 2 aromatic rings. The average molecular weight is 272 g/mol. The molecule has 0 saturated carbocycles. The summed E-state index contributed by atoms with van der Waals surface area (Å²) >= 11 is 7.60. The molecular formula is C11H14ClN3OS. The Hall–Kier alpha value is -1.07. The van der Waals surface area contributed by atoms with Gasteiger partial charge in [-0.3, -0.25) is 0 Å². The Morgan fingerprint density at radius 2 is 2.12 bits per heavy atom. The summed E-state index contributed by atoms with van der Waals surface area (Å²) < 4.78 is 5.38. The number of thiophene rings is 1. The Kier molecular flexibility index (Phi) is 3.69. The van der Waals surface area contributed by atoms with Crippen molar-refractivity contribution >= 4 is 29.0 Å². The Balaban J connectivity index is 2.05. The summed E-state index contributed by atoms with van der Waals surface area (Å²) in [5.41, 5.74) is 0. The second-order valence-electron chi connectivity index (χ2n) is 3.88. The van der Waals surface area contributed by atoms with Crippen LogP contribution in [0.25, 0.3) is 0 Å². The lowest BCUT2D eigenvalue weighted by Gasteiger charge is -2.08. The van der Waals surface area contributed by atoms with Crippen molar-refractivity contribution in [1.82, 2.24) is 10.2 Å². The maximum Gasteiger partial charge on any atom is 0.316 e. The van der Waals surface area contributed by atoms with E-state index in [0.717, 1.165) is 0 Å². The fraction of sp³-hybridized carbons (Fsp3) is 0.455. The van der Waals surface area contributed by atoms with Crippen LogP contribution < -0.4 is 5.32 Å². The lowest BCUT2D eigenvalue weighted by molar-refractivity contribution is 0.502. The molecule has 0 spiro atoms. The monoisotopic (exact) mass is 271 g/mol. The lowest BCUT2D eigenvalue weighted by atomic mass is 10.3. The van der Waals surface area contributed by atoms with Gasteiger partial charge < -0.3 is 9.73 Å². The Morgan fingerprint density at radius 1 is 1.35 bits per heavy atom. The molecule has 2 aromatic heterocycles. The summed E-state index contributed by atoms with van der Waals surface area (Å²) in [7, 11) is 0. The number of hydrogen-bond acceptors (Lipinski definition) is 5. The number of alkyl halides is 1. The van der Waals surface area contributed by atoms with Crippen LogP contribution >= 0.6 is 22.9 Å². The zero-order valence-corrected chi connectivity index (χ0v) is 11.5. The van der Waals surface area contributed by atoms with E-state index in [-0.39, 0.29) is 11.4 Å². The van der Waals surface area contributed by atoms with E-state index in [1.54, 1.807) is 18.3 Å². The largest absolute Gasteiger partial charge is 0.406 e. The van der Waals surface area contributed by atoms with Gasteiger partial charge in [0.2, 0.25) is 5.89 Å². The average Bonchev–Trinajstić information content (AvgIpc) is 2.86. The van der Waals surface area contributed by atoms with E-state index in [2.05, 4.69) is 41.5 Å². The zero-order valence-electron chi connectivity index (χ0n) is 9.90.